The van der Waals surface area contributed by atoms with Crippen LogP contribution in [-0.2, 0) is 0 Å². The van der Waals surface area contributed by atoms with Crippen molar-refractivity contribution in [3.63, 3.8) is 0 Å². The molecule has 0 unspecified atom stereocenters. The molecule has 0 aliphatic rings. The Morgan fingerprint density at radius 2 is 1.07 bits per heavy atom. The molecule has 0 N–H and O–H groups in total. The average Bonchev–Trinajstić information content (AvgIpc) is 3.75. The van der Waals surface area contributed by atoms with Gasteiger partial charge in [-0.15, -0.1) is 11.3 Å². The number of furan rings is 2. The van der Waals surface area contributed by atoms with E-state index in [4.69, 9.17) is 13.8 Å². The highest BCUT2D eigenvalue weighted by atomic mass is 32.1. The SMILES string of the molecule is c1ccc2c(c1)ccc1c3ncc(N(c4ccc5oc6ccccc6c5c4)c4ccc5oc6ccccc6c5c4)cc3sc21. The molecule has 0 saturated heterocycles. The number of thiophene rings is 1. The van der Waals surface area contributed by atoms with Crippen molar-refractivity contribution in [3.05, 3.63) is 134 Å². The van der Waals surface area contributed by atoms with Crippen molar-refractivity contribution in [2.75, 3.05) is 4.90 Å². The van der Waals surface area contributed by atoms with E-state index in [2.05, 4.69) is 108 Å². The predicted octanol–water partition coefficient (Wildman–Crippen LogP) is 11.9. The maximum atomic E-state index is 6.18. The minimum atomic E-state index is 0.871. The van der Waals surface area contributed by atoms with Gasteiger partial charge in [-0.05, 0) is 65.4 Å². The Kier molecular flexibility index (Phi) is 4.84. The minimum Gasteiger partial charge on any atom is -0.456 e. The Labute approximate surface area is 255 Å². The van der Waals surface area contributed by atoms with E-state index in [1.165, 1.54) is 20.9 Å². The average molecular weight is 583 g/mol. The third-order valence-electron chi connectivity index (χ3n) is 8.68. The van der Waals surface area contributed by atoms with Gasteiger partial charge in [0, 0.05) is 43.0 Å². The summed E-state index contributed by atoms with van der Waals surface area (Å²) in [4.78, 5) is 7.37. The van der Waals surface area contributed by atoms with E-state index in [0.717, 1.165) is 71.2 Å². The molecule has 206 valence electrons. The summed E-state index contributed by atoms with van der Waals surface area (Å²) in [5.41, 5.74) is 7.61. The van der Waals surface area contributed by atoms with Crippen molar-refractivity contribution in [2.45, 2.75) is 0 Å². The highest BCUT2D eigenvalue weighted by molar-refractivity contribution is 7.26. The zero-order chi connectivity index (χ0) is 28.8. The molecular formula is C39H22N2O2S. The Hall–Kier alpha value is -5.65. The second-order valence-corrected chi connectivity index (χ2v) is 12.3. The molecule has 0 atom stereocenters. The zero-order valence-electron chi connectivity index (χ0n) is 23.3. The molecule has 0 bridgehead atoms. The van der Waals surface area contributed by atoms with E-state index >= 15 is 0 Å². The summed E-state index contributed by atoms with van der Waals surface area (Å²) < 4.78 is 14.8. The normalized spacial score (nSPS) is 12.1. The van der Waals surface area contributed by atoms with Crippen LogP contribution in [0.3, 0.4) is 0 Å². The number of nitrogens with zero attached hydrogens (tertiary/aromatic N) is 2. The molecule has 4 aromatic heterocycles. The van der Waals surface area contributed by atoms with Crippen LogP contribution in [0.15, 0.2) is 142 Å². The highest BCUT2D eigenvalue weighted by Crippen LogP contribution is 2.44. The number of fused-ring (bicyclic) bond motifs is 11. The molecule has 44 heavy (non-hydrogen) atoms. The second-order valence-electron chi connectivity index (χ2n) is 11.2. The van der Waals surface area contributed by atoms with Crippen LogP contribution in [0.25, 0.3) is 75.0 Å². The fraction of sp³-hybridized carbons (Fsp3) is 0. The van der Waals surface area contributed by atoms with E-state index in [1.54, 1.807) is 11.3 Å². The maximum absolute atomic E-state index is 6.18. The van der Waals surface area contributed by atoms with Gasteiger partial charge in [-0.25, -0.2) is 0 Å². The first kappa shape index (κ1) is 23.9. The van der Waals surface area contributed by atoms with E-state index < -0.39 is 0 Å². The quantitative estimate of drug-likeness (QED) is 0.208. The molecule has 0 aliphatic carbocycles. The highest BCUT2D eigenvalue weighted by Gasteiger charge is 2.19. The Balaban J connectivity index is 1.23. The molecule has 6 aromatic carbocycles. The van der Waals surface area contributed by atoms with Crippen molar-refractivity contribution in [3.8, 4) is 0 Å². The van der Waals surface area contributed by atoms with Gasteiger partial charge >= 0.3 is 0 Å². The molecule has 5 heteroatoms. The fourth-order valence-corrected chi connectivity index (χ4v) is 7.87. The number of pyridine rings is 1. The third-order valence-corrected chi connectivity index (χ3v) is 9.86. The number of anilines is 3. The van der Waals surface area contributed by atoms with Crippen molar-refractivity contribution in [2.24, 2.45) is 0 Å². The topological polar surface area (TPSA) is 42.4 Å². The van der Waals surface area contributed by atoms with Crippen LogP contribution in [0.5, 0.6) is 0 Å². The third kappa shape index (κ3) is 3.41. The smallest absolute Gasteiger partial charge is 0.135 e. The lowest BCUT2D eigenvalue weighted by molar-refractivity contribution is 0.668. The molecule has 0 spiro atoms. The number of benzene rings is 6. The van der Waals surface area contributed by atoms with Gasteiger partial charge in [0.15, 0.2) is 0 Å². The van der Waals surface area contributed by atoms with Gasteiger partial charge in [0.2, 0.25) is 0 Å². The Morgan fingerprint density at radius 1 is 0.477 bits per heavy atom. The number of rotatable bonds is 3. The van der Waals surface area contributed by atoms with Crippen LogP contribution in [-0.4, -0.2) is 4.98 Å². The molecule has 10 aromatic rings. The minimum absolute atomic E-state index is 0.871. The van der Waals surface area contributed by atoms with Crippen LogP contribution in [0.2, 0.25) is 0 Å². The summed E-state index contributed by atoms with van der Waals surface area (Å²) in [6, 6.07) is 44.5. The molecule has 0 radical (unpaired) electrons. The number of aromatic nitrogens is 1. The first-order chi connectivity index (χ1) is 21.8. The lowest BCUT2D eigenvalue weighted by atomic mass is 10.1. The molecular weight excluding hydrogens is 561 g/mol. The van der Waals surface area contributed by atoms with Gasteiger partial charge in [0.1, 0.15) is 22.3 Å². The number of para-hydroxylation sites is 2. The molecule has 10 rings (SSSR count). The van der Waals surface area contributed by atoms with Gasteiger partial charge in [-0.3, -0.25) is 4.98 Å². The fourth-order valence-electron chi connectivity index (χ4n) is 6.64. The van der Waals surface area contributed by atoms with Crippen molar-refractivity contribution in [1.82, 2.24) is 4.98 Å². The first-order valence-corrected chi connectivity index (χ1v) is 15.4. The zero-order valence-corrected chi connectivity index (χ0v) is 24.1. The molecule has 4 heterocycles. The number of hydrogen-bond donors (Lipinski definition) is 0. The van der Waals surface area contributed by atoms with E-state index in [0.29, 0.717) is 0 Å². The van der Waals surface area contributed by atoms with E-state index in [9.17, 15) is 0 Å². The van der Waals surface area contributed by atoms with Gasteiger partial charge in [0.25, 0.3) is 0 Å². The Morgan fingerprint density at radius 3 is 1.75 bits per heavy atom. The van der Waals surface area contributed by atoms with Crippen LogP contribution in [0.4, 0.5) is 17.1 Å². The molecule has 0 fully saturated rings. The first-order valence-electron chi connectivity index (χ1n) is 14.6. The van der Waals surface area contributed by atoms with Gasteiger partial charge in [0.05, 0.1) is 22.1 Å². The molecule has 0 amide bonds. The summed E-state index contributed by atoms with van der Waals surface area (Å²) in [6.07, 6.45) is 2.00. The van der Waals surface area contributed by atoms with Gasteiger partial charge in [-0.2, -0.15) is 0 Å². The summed E-state index contributed by atoms with van der Waals surface area (Å²) in [6.45, 7) is 0. The van der Waals surface area contributed by atoms with Crippen LogP contribution in [0.1, 0.15) is 0 Å². The van der Waals surface area contributed by atoms with Crippen molar-refractivity contribution in [1.29, 1.82) is 0 Å². The van der Waals surface area contributed by atoms with Gasteiger partial charge < -0.3 is 13.7 Å². The molecule has 0 aliphatic heterocycles. The molecule has 4 nitrogen and oxygen atoms in total. The lowest BCUT2D eigenvalue weighted by Gasteiger charge is -2.25. The van der Waals surface area contributed by atoms with Crippen molar-refractivity contribution >= 4 is 103 Å². The van der Waals surface area contributed by atoms with Crippen LogP contribution in [0, 0.1) is 0 Å². The predicted molar refractivity (Wildman–Crippen MR) is 184 cm³/mol. The monoisotopic (exact) mass is 582 g/mol. The molecule has 0 saturated carbocycles. The maximum Gasteiger partial charge on any atom is 0.135 e. The number of hydrogen-bond acceptors (Lipinski definition) is 5. The lowest BCUT2D eigenvalue weighted by Crippen LogP contribution is -2.10. The Bertz CT molecular complexity index is 2640. The van der Waals surface area contributed by atoms with E-state index in [-0.39, 0.29) is 0 Å². The van der Waals surface area contributed by atoms with Crippen molar-refractivity contribution < 1.29 is 8.83 Å². The summed E-state index contributed by atoms with van der Waals surface area (Å²) in [7, 11) is 0. The standard InChI is InChI=1S/C39H22N2O2S/c1-2-8-27-23(7-1)13-16-30-38-37(44-39(27)30)21-26(22-40-38)41(24-14-17-35-31(19-24)28-9-3-5-11-33(28)42-35)25-15-18-36-32(20-25)29-10-4-6-12-34(29)43-36/h1-22H. The van der Waals surface area contributed by atoms with Gasteiger partial charge in [-0.1, -0.05) is 72.8 Å². The largest absolute Gasteiger partial charge is 0.456 e. The van der Waals surface area contributed by atoms with Crippen LogP contribution < -0.4 is 4.90 Å². The summed E-state index contributed by atoms with van der Waals surface area (Å²) in [5.74, 6) is 0. The summed E-state index contributed by atoms with van der Waals surface area (Å²) >= 11 is 1.81. The van der Waals surface area contributed by atoms with Crippen LogP contribution >= 0.6 is 11.3 Å². The summed E-state index contributed by atoms with van der Waals surface area (Å²) in [5, 5.41) is 8.08. The second kappa shape index (κ2) is 8.93. The van der Waals surface area contributed by atoms with E-state index in [1.807, 2.05) is 30.5 Å².